The number of ketones is 1. The Balaban J connectivity index is 2.22. The van der Waals surface area contributed by atoms with Crippen molar-refractivity contribution in [3.8, 4) is 0 Å². The molecule has 0 amide bonds. The number of Topliss-reactive ketones (excluding diaryl/α,β-unsaturated/α-hetero) is 1. The van der Waals surface area contributed by atoms with Crippen molar-refractivity contribution < 1.29 is 9.18 Å². The van der Waals surface area contributed by atoms with Crippen molar-refractivity contribution >= 4 is 5.78 Å². The number of rotatable bonds is 2. The first kappa shape index (κ1) is 12.8. The van der Waals surface area contributed by atoms with Gasteiger partial charge in [-0.25, -0.2) is 4.39 Å². The molecule has 0 aromatic heterocycles. The molecular weight excluding hydrogens is 251 g/mol. The SMILES string of the molecule is O=C1CCC(c2ccccc2)(c2ccccc2)C=C1F. The van der Waals surface area contributed by atoms with Gasteiger partial charge in [-0.2, -0.15) is 0 Å². The zero-order chi connectivity index (χ0) is 14.0. The molecule has 0 saturated heterocycles. The van der Waals surface area contributed by atoms with Gasteiger partial charge in [0.15, 0.2) is 11.6 Å². The highest BCUT2D eigenvalue weighted by Crippen LogP contribution is 2.42. The lowest BCUT2D eigenvalue weighted by atomic mass is 9.68. The van der Waals surface area contributed by atoms with Crippen molar-refractivity contribution in [3.63, 3.8) is 0 Å². The van der Waals surface area contributed by atoms with Gasteiger partial charge >= 0.3 is 0 Å². The molecule has 1 nitrogen and oxygen atoms in total. The van der Waals surface area contributed by atoms with E-state index >= 15 is 0 Å². The third-order valence-electron chi connectivity index (χ3n) is 3.96. The Kier molecular flexibility index (Phi) is 3.23. The number of hydrogen-bond donors (Lipinski definition) is 0. The molecule has 1 aliphatic carbocycles. The molecule has 100 valence electrons. The van der Waals surface area contributed by atoms with Crippen molar-refractivity contribution in [1.82, 2.24) is 0 Å². The highest BCUT2D eigenvalue weighted by atomic mass is 19.1. The van der Waals surface area contributed by atoms with E-state index in [4.69, 9.17) is 0 Å². The smallest absolute Gasteiger partial charge is 0.190 e. The van der Waals surface area contributed by atoms with E-state index < -0.39 is 17.0 Å². The van der Waals surface area contributed by atoms with Crippen LogP contribution >= 0.6 is 0 Å². The fraction of sp³-hybridized carbons (Fsp3) is 0.167. The predicted molar refractivity (Wildman–Crippen MR) is 77.1 cm³/mol. The van der Waals surface area contributed by atoms with Gasteiger partial charge in [-0.1, -0.05) is 60.7 Å². The van der Waals surface area contributed by atoms with E-state index in [1.807, 2.05) is 60.7 Å². The topological polar surface area (TPSA) is 17.1 Å². The maximum absolute atomic E-state index is 14.0. The van der Waals surface area contributed by atoms with Crippen LogP contribution < -0.4 is 0 Å². The third-order valence-corrected chi connectivity index (χ3v) is 3.96. The summed E-state index contributed by atoms with van der Waals surface area (Å²) in [7, 11) is 0. The number of allylic oxidation sites excluding steroid dienone is 2. The first-order valence-corrected chi connectivity index (χ1v) is 6.75. The second-order valence-corrected chi connectivity index (χ2v) is 5.12. The predicted octanol–water partition coefficient (Wildman–Crippen LogP) is 4.19. The van der Waals surface area contributed by atoms with E-state index in [1.165, 1.54) is 6.08 Å². The van der Waals surface area contributed by atoms with Crippen LogP contribution in [-0.4, -0.2) is 5.78 Å². The summed E-state index contributed by atoms with van der Waals surface area (Å²) in [6.45, 7) is 0. The maximum atomic E-state index is 14.0. The molecule has 0 radical (unpaired) electrons. The molecule has 2 heteroatoms. The van der Waals surface area contributed by atoms with Crippen molar-refractivity contribution in [2.75, 3.05) is 0 Å². The highest BCUT2D eigenvalue weighted by Gasteiger charge is 2.37. The lowest BCUT2D eigenvalue weighted by Crippen LogP contribution is -2.30. The second-order valence-electron chi connectivity index (χ2n) is 5.12. The highest BCUT2D eigenvalue weighted by molar-refractivity contribution is 5.95. The molecule has 2 aromatic rings. The molecular formula is C18H15FO. The summed E-state index contributed by atoms with van der Waals surface area (Å²) in [5, 5.41) is 0. The van der Waals surface area contributed by atoms with Gasteiger partial charge in [0.2, 0.25) is 0 Å². The maximum Gasteiger partial charge on any atom is 0.190 e. The summed E-state index contributed by atoms with van der Waals surface area (Å²) in [6, 6.07) is 19.6. The van der Waals surface area contributed by atoms with Gasteiger partial charge in [-0.3, -0.25) is 4.79 Å². The Morgan fingerprint density at radius 2 is 1.35 bits per heavy atom. The van der Waals surface area contributed by atoms with Gasteiger partial charge in [0.25, 0.3) is 0 Å². The quantitative estimate of drug-likeness (QED) is 0.796. The molecule has 0 heterocycles. The van der Waals surface area contributed by atoms with Crippen molar-refractivity contribution in [2.24, 2.45) is 0 Å². The van der Waals surface area contributed by atoms with E-state index in [0.29, 0.717) is 6.42 Å². The Bertz CT molecular complexity index is 604. The zero-order valence-electron chi connectivity index (χ0n) is 11.1. The van der Waals surface area contributed by atoms with E-state index in [0.717, 1.165) is 11.1 Å². The van der Waals surface area contributed by atoms with Gasteiger partial charge < -0.3 is 0 Å². The average Bonchev–Trinajstić information content (AvgIpc) is 2.52. The summed E-state index contributed by atoms with van der Waals surface area (Å²) < 4.78 is 14.0. The molecule has 1 aliphatic rings. The Labute approximate surface area is 117 Å². The molecule has 2 aromatic carbocycles. The van der Waals surface area contributed by atoms with Crippen molar-refractivity contribution in [2.45, 2.75) is 18.3 Å². The zero-order valence-corrected chi connectivity index (χ0v) is 11.1. The standard InChI is InChI=1S/C18H15FO/c19-16-13-18(12-11-17(16)20,14-7-3-1-4-8-14)15-9-5-2-6-10-15/h1-10,13H,11-12H2. The van der Waals surface area contributed by atoms with Gasteiger partial charge in [0.1, 0.15) is 0 Å². The van der Waals surface area contributed by atoms with E-state index in [9.17, 15) is 9.18 Å². The number of carbonyl (C=O) groups is 1. The Hall–Kier alpha value is -2.22. The van der Waals surface area contributed by atoms with Crippen LogP contribution in [0.2, 0.25) is 0 Å². The summed E-state index contributed by atoms with van der Waals surface area (Å²) in [5.41, 5.74) is 1.50. The Morgan fingerprint density at radius 1 is 0.850 bits per heavy atom. The van der Waals surface area contributed by atoms with Gasteiger partial charge in [0.05, 0.1) is 0 Å². The van der Waals surface area contributed by atoms with Gasteiger partial charge in [-0.15, -0.1) is 0 Å². The summed E-state index contributed by atoms with van der Waals surface area (Å²) in [6.07, 6.45) is 2.34. The molecule has 0 aliphatic heterocycles. The van der Waals surface area contributed by atoms with Crippen LogP contribution in [0.3, 0.4) is 0 Å². The van der Waals surface area contributed by atoms with Crippen LogP contribution in [0.15, 0.2) is 72.6 Å². The minimum atomic E-state index is -0.621. The number of hydrogen-bond acceptors (Lipinski definition) is 1. The average molecular weight is 266 g/mol. The van der Waals surface area contributed by atoms with Crippen LogP contribution in [-0.2, 0) is 10.2 Å². The molecule has 0 fully saturated rings. The molecule has 0 atom stereocenters. The summed E-state index contributed by atoms with van der Waals surface area (Å²) >= 11 is 0. The van der Waals surface area contributed by atoms with Crippen LogP contribution in [0.1, 0.15) is 24.0 Å². The first-order chi connectivity index (χ1) is 9.72. The minimum Gasteiger partial charge on any atom is -0.292 e. The molecule has 0 N–H and O–H groups in total. The number of benzene rings is 2. The van der Waals surface area contributed by atoms with E-state index in [2.05, 4.69) is 0 Å². The first-order valence-electron chi connectivity index (χ1n) is 6.75. The fourth-order valence-corrected chi connectivity index (χ4v) is 2.89. The molecule has 0 saturated carbocycles. The molecule has 0 spiro atoms. The number of halogens is 1. The molecule has 3 rings (SSSR count). The van der Waals surface area contributed by atoms with E-state index in [1.54, 1.807) is 0 Å². The normalized spacial score (nSPS) is 17.6. The van der Waals surface area contributed by atoms with Crippen LogP contribution in [0.4, 0.5) is 4.39 Å². The van der Waals surface area contributed by atoms with Crippen LogP contribution in [0.25, 0.3) is 0 Å². The molecule has 0 bridgehead atoms. The largest absolute Gasteiger partial charge is 0.292 e. The Morgan fingerprint density at radius 3 is 1.80 bits per heavy atom. The number of carbonyl (C=O) groups excluding carboxylic acids is 1. The van der Waals surface area contributed by atoms with Crippen molar-refractivity contribution in [1.29, 1.82) is 0 Å². The van der Waals surface area contributed by atoms with Crippen LogP contribution in [0, 0.1) is 0 Å². The fourth-order valence-electron chi connectivity index (χ4n) is 2.89. The van der Waals surface area contributed by atoms with Crippen LogP contribution in [0.5, 0.6) is 0 Å². The van der Waals surface area contributed by atoms with Gasteiger partial charge in [-0.05, 0) is 23.6 Å². The lowest BCUT2D eigenvalue weighted by molar-refractivity contribution is -0.117. The van der Waals surface area contributed by atoms with Gasteiger partial charge in [0, 0.05) is 11.8 Å². The molecule has 0 unspecified atom stereocenters. The second kappa shape index (κ2) is 5.04. The van der Waals surface area contributed by atoms with Crippen molar-refractivity contribution in [3.05, 3.63) is 83.7 Å². The lowest BCUT2D eigenvalue weighted by Gasteiger charge is -2.34. The van der Waals surface area contributed by atoms with E-state index in [-0.39, 0.29) is 6.42 Å². The molecule has 20 heavy (non-hydrogen) atoms. The summed E-state index contributed by atoms with van der Waals surface area (Å²) in [5.74, 6) is -1.02. The minimum absolute atomic E-state index is 0.242. The summed E-state index contributed by atoms with van der Waals surface area (Å²) in [4.78, 5) is 11.5. The monoisotopic (exact) mass is 266 g/mol. The third kappa shape index (κ3) is 2.07.